The first kappa shape index (κ1) is 13.8. The third-order valence-corrected chi connectivity index (χ3v) is 3.41. The van der Waals surface area contributed by atoms with E-state index in [4.69, 9.17) is 9.47 Å². The molecule has 21 heavy (non-hydrogen) atoms. The van der Waals surface area contributed by atoms with Gasteiger partial charge in [0.1, 0.15) is 18.5 Å². The normalized spacial score (nSPS) is 18.3. The Hall–Kier alpha value is -2.14. The van der Waals surface area contributed by atoms with Gasteiger partial charge >= 0.3 is 0 Å². The molecule has 1 aromatic heterocycles. The molecule has 2 heterocycles. The summed E-state index contributed by atoms with van der Waals surface area (Å²) in [5.41, 5.74) is 0.800. The Labute approximate surface area is 122 Å². The Morgan fingerprint density at radius 1 is 1.29 bits per heavy atom. The van der Waals surface area contributed by atoms with Gasteiger partial charge in [-0.15, -0.1) is 0 Å². The van der Waals surface area contributed by atoms with Gasteiger partial charge in [0.15, 0.2) is 11.5 Å². The number of aromatic nitrogens is 1. The van der Waals surface area contributed by atoms with E-state index in [1.54, 1.807) is 6.07 Å². The molecule has 4 nitrogen and oxygen atoms in total. The Morgan fingerprint density at radius 3 is 2.86 bits per heavy atom. The van der Waals surface area contributed by atoms with E-state index < -0.39 is 0 Å². The number of ether oxygens (including phenoxy) is 2. The van der Waals surface area contributed by atoms with Crippen LogP contribution in [0.3, 0.4) is 0 Å². The molecular weight excluding hydrogens is 271 g/mol. The molecule has 0 saturated heterocycles. The Morgan fingerprint density at radius 2 is 2.10 bits per heavy atom. The van der Waals surface area contributed by atoms with Crippen LogP contribution in [0.2, 0.25) is 0 Å². The smallest absolute Gasteiger partial charge is 0.161 e. The third-order valence-electron chi connectivity index (χ3n) is 3.41. The maximum absolute atomic E-state index is 12.8. The van der Waals surface area contributed by atoms with Crippen molar-refractivity contribution in [1.82, 2.24) is 10.3 Å². The van der Waals surface area contributed by atoms with Gasteiger partial charge in [-0.1, -0.05) is 12.1 Å². The Bertz CT molecular complexity index is 603. The van der Waals surface area contributed by atoms with Crippen LogP contribution in [0.4, 0.5) is 4.39 Å². The molecule has 1 N–H and O–H groups in total. The van der Waals surface area contributed by atoms with Crippen LogP contribution in [-0.2, 0) is 0 Å². The monoisotopic (exact) mass is 288 g/mol. The van der Waals surface area contributed by atoms with E-state index in [0.717, 1.165) is 17.2 Å². The molecule has 2 aromatic rings. The highest BCUT2D eigenvalue weighted by atomic mass is 19.1. The van der Waals surface area contributed by atoms with Crippen molar-refractivity contribution in [3.8, 4) is 11.5 Å². The van der Waals surface area contributed by atoms with E-state index in [1.807, 2.05) is 31.2 Å². The minimum atomic E-state index is -0.327. The average molecular weight is 288 g/mol. The minimum absolute atomic E-state index is 0.0198. The zero-order valence-corrected chi connectivity index (χ0v) is 11.8. The third kappa shape index (κ3) is 3.31. The van der Waals surface area contributed by atoms with Crippen molar-refractivity contribution in [3.05, 3.63) is 54.1 Å². The van der Waals surface area contributed by atoms with E-state index in [0.29, 0.717) is 13.2 Å². The number of rotatable bonds is 4. The number of halogens is 1. The zero-order chi connectivity index (χ0) is 14.7. The summed E-state index contributed by atoms with van der Waals surface area (Å²) >= 11 is 0. The minimum Gasteiger partial charge on any atom is -0.486 e. The summed E-state index contributed by atoms with van der Waals surface area (Å²) in [5.74, 6) is 1.22. The van der Waals surface area contributed by atoms with Crippen LogP contribution in [-0.4, -0.2) is 24.2 Å². The maximum atomic E-state index is 12.8. The lowest BCUT2D eigenvalue weighted by Gasteiger charge is -2.27. The van der Waals surface area contributed by atoms with Crippen LogP contribution in [0.25, 0.3) is 0 Å². The average Bonchev–Trinajstić information content (AvgIpc) is 2.53. The zero-order valence-electron chi connectivity index (χ0n) is 11.8. The van der Waals surface area contributed by atoms with Crippen molar-refractivity contribution in [3.63, 3.8) is 0 Å². The van der Waals surface area contributed by atoms with Crippen molar-refractivity contribution < 1.29 is 13.9 Å². The fourth-order valence-electron chi connectivity index (χ4n) is 2.22. The molecule has 0 spiro atoms. The van der Waals surface area contributed by atoms with Crippen LogP contribution in [0.5, 0.6) is 11.5 Å². The molecule has 1 aliphatic rings. The summed E-state index contributed by atoms with van der Waals surface area (Å²) in [5, 5.41) is 3.33. The molecule has 3 rings (SSSR count). The molecule has 110 valence electrons. The Kier molecular flexibility index (Phi) is 4.01. The fraction of sp³-hybridized carbons (Fsp3) is 0.312. The number of benzene rings is 1. The predicted molar refractivity (Wildman–Crippen MR) is 77.0 cm³/mol. The highest BCUT2D eigenvalue weighted by molar-refractivity contribution is 5.40. The van der Waals surface area contributed by atoms with Gasteiger partial charge in [0.25, 0.3) is 0 Å². The standard InChI is InChI=1S/C16H17FN2O2/c1-11(14-7-6-12(17)8-19-14)18-9-13-10-20-15-4-2-3-5-16(15)21-13/h2-8,11,13,18H,9-10H2,1H3/t11-,13+/m0/s1. The van der Waals surface area contributed by atoms with Crippen molar-refractivity contribution >= 4 is 0 Å². The number of nitrogens with zero attached hydrogens (tertiary/aromatic N) is 1. The number of fused-ring (bicyclic) bond motifs is 1. The van der Waals surface area contributed by atoms with Gasteiger partial charge in [-0.3, -0.25) is 4.98 Å². The summed E-state index contributed by atoms with van der Waals surface area (Å²) < 4.78 is 24.4. The second-order valence-corrected chi connectivity index (χ2v) is 5.03. The second-order valence-electron chi connectivity index (χ2n) is 5.03. The number of hydrogen-bond donors (Lipinski definition) is 1. The van der Waals surface area contributed by atoms with Gasteiger partial charge < -0.3 is 14.8 Å². The fourth-order valence-corrected chi connectivity index (χ4v) is 2.22. The molecule has 0 radical (unpaired) electrons. The maximum Gasteiger partial charge on any atom is 0.161 e. The summed E-state index contributed by atoms with van der Waals surface area (Å²) in [4.78, 5) is 4.07. The molecular formula is C16H17FN2O2. The molecule has 0 amide bonds. The first-order valence-electron chi connectivity index (χ1n) is 6.95. The van der Waals surface area contributed by atoms with Crippen molar-refractivity contribution in [1.29, 1.82) is 0 Å². The molecule has 0 fully saturated rings. The van der Waals surface area contributed by atoms with Crippen molar-refractivity contribution in [2.24, 2.45) is 0 Å². The molecule has 1 aliphatic heterocycles. The highest BCUT2D eigenvalue weighted by Crippen LogP contribution is 2.30. The van der Waals surface area contributed by atoms with Crippen LogP contribution < -0.4 is 14.8 Å². The predicted octanol–water partition coefficient (Wildman–Crippen LogP) is 2.71. The summed E-state index contributed by atoms with van der Waals surface area (Å²) in [7, 11) is 0. The summed E-state index contributed by atoms with van der Waals surface area (Å²) in [6.45, 7) is 3.13. The largest absolute Gasteiger partial charge is 0.486 e. The quantitative estimate of drug-likeness (QED) is 0.939. The topological polar surface area (TPSA) is 43.4 Å². The molecule has 0 aliphatic carbocycles. The van der Waals surface area contributed by atoms with E-state index in [-0.39, 0.29) is 18.0 Å². The Balaban J connectivity index is 1.55. The molecule has 0 unspecified atom stereocenters. The molecule has 0 bridgehead atoms. The summed E-state index contributed by atoms with van der Waals surface area (Å²) in [6.07, 6.45) is 1.17. The van der Waals surface area contributed by atoms with Gasteiger partial charge in [-0.05, 0) is 31.2 Å². The first-order chi connectivity index (χ1) is 10.2. The lowest BCUT2D eigenvalue weighted by molar-refractivity contribution is 0.0885. The molecule has 0 saturated carbocycles. The first-order valence-corrected chi connectivity index (χ1v) is 6.95. The second kappa shape index (κ2) is 6.10. The van der Waals surface area contributed by atoms with Crippen LogP contribution in [0.1, 0.15) is 18.7 Å². The van der Waals surface area contributed by atoms with Crippen molar-refractivity contribution in [2.75, 3.05) is 13.2 Å². The lowest BCUT2D eigenvalue weighted by atomic mass is 10.2. The number of hydrogen-bond acceptors (Lipinski definition) is 4. The van der Waals surface area contributed by atoms with E-state index in [1.165, 1.54) is 12.3 Å². The molecule has 5 heteroatoms. The van der Waals surface area contributed by atoms with Crippen molar-refractivity contribution in [2.45, 2.75) is 19.1 Å². The van der Waals surface area contributed by atoms with Gasteiger partial charge in [0.2, 0.25) is 0 Å². The van der Waals surface area contributed by atoms with E-state index in [9.17, 15) is 4.39 Å². The number of nitrogens with one attached hydrogen (secondary N) is 1. The van der Waals surface area contributed by atoms with E-state index >= 15 is 0 Å². The van der Waals surface area contributed by atoms with E-state index in [2.05, 4.69) is 10.3 Å². The van der Waals surface area contributed by atoms with Crippen LogP contribution >= 0.6 is 0 Å². The van der Waals surface area contributed by atoms with Gasteiger partial charge in [0.05, 0.1) is 11.9 Å². The molecule has 1 aromatic carbocycles. The molecule has 2 atom stereocenters. The highest BCUT2D eigenvalue weighted by Gasteiger charge is 2.21. The lowest BCUT2D eigenvalue weighted by Crippen LogP contribution is -2.39. The van der Waals surface area contributed by atoms with Gasteiger partial charge in [0, 0.05) is 12.6 Å². The van der Waals surface area contributed by atoms with Crippen LogP contribution in [0.15, 0.2) is 42.6 Å². The number of para-hydroxylation sites is 2. The van der Waals surface area contributed by atoms with Gasteiger partial charge in [-0.25, -0.2) is 4.39 Å². The SMILES string of the molecule is C[C@H](NC[C@@H]1COc2ccccc2O1)c1ccc(F)cn1. The van der Waals surface area contributed by atoms with Crippen LogP contribution in [0, 0.1) is 5.82 Å². The summed E-state index contributed by atoms with van der Waals surface area (Å²) in [6, 6.07) is 10.7. The number of pyridine rings is 1. The van der Waals surface area contributed by atoms with Gasteiger partial charge in [-0.2, -0.15) is 0 Å².